The molecule has 0 atom stereocenters. The highest BCUT2D eigenvalue weighted by Gasteiger charge is 2.16. The molecule has 0 saturated carbocycles. The van der Waals surface area contributed by atoms with Crippen LogP contribution in [0.4, 0.5) is 5.69 Å². The van der Waals surface area contributed by atoms with E-state index in [4.69, 9.17) is 16.3 Å². The van der Waals surface area contributed by atoms with Crippen LogP contribution >= 0.6 is 22.9 Å². The molecule has 0 aliphatic rings. The average molecular weight is 304 g/mol. The molecule has 7 heteroatoms. The summed E-state index contributed by atoms with van der Waals surface area (Å²) in [4.78, 5) is 0.0968. The van der Waals surface area contributed by atoms with Gasteiger partial charge in [-0.05, 0) is 29.6 Å². The first-order valence-electron chi connectivity index (χ1n) is 4.91. The summed E-state index contributed by atoms with van der Waals surface area (Å²) in [6, 6.07) is 6.01. The Labute approximate surface area is 114 Å². The third kappa shape index (κ3) is 2.77. The minimum Gasteiger partial charge on any atom is -0.495 e. The van der Waals surface area contributed by atoms with Crippen molar-refractivity contribution >= 4 is 38.6 Å². The molecule has 4 nitrogen and oxygen atoms in total. The SMILES string of the molecule is COc1ccc(S(=O)(=O)Nc2ccsc2)cc1Cl. The Morgan fingerprint density at radius 2 is 2.11 bits per heavy atom. The predicted octanol–water partition coefficient (Wildman–Crippen LogP) is 3.21. The van der Waals surface area contributed by atoms with E-state index in [2.05, 4.69) is 4.72 Å². The van der Waals surface area contributed by atoms with Crippen LogP contribution in [0.15, 0.2) is 39.9 Å². The molecule has 2 rings (SSSR count). The fraction of sp³-hybridized carbons (Fsp3) is 0.0909. The zero-order valence-electron chi connectivity index (χ0n) is 9.38. The van der Waals surface area contributed by atoms with E-state index in [-0.39, 0.29) is 9.92 Å². The maximum Gasteiger partial charge on any atom is 0.261 e. The number of ether oxygens (including phenoxy) is 1. The maximum atomic E-state index is 12.0. The second-order valence-corrected chi connectivity index (χ2v) is 6.28. The summed E-state index contributed by atoms with van der Waals surface area (Å²) >= 11 is 7.31. The Hall–Kier alpha value is -1.24. The molecule has 2 aromatic rings. The van der Waals surface area contributed by atoms with Crippen molar-refractivity contribution in [2.24, 2.45) is 0 Å². The first-order valence-corrected chi connectivity index (χ1v) is 7.72. The van der Waals surface area contributed by atoms with Crippen molar-refractivity contribution in [3.63, 3.8) is 0 Å². The van der Waals surface area contributed by atoms with Gasteiger partial charge in [-0.3, -0.25) is 4.72 Å². The van der Waals surface area contributed by atoms with Crippen molar-refractivity contribution in [1.82, 2.24) is 0 Å². The van der Waals surface area contributed by atoms with E-state index in [1.807, 2.05) is 0 Å². The Kier molecular flexibility index (Phi) is 3.79. The average Bonchev–Trinajstić information content (AvgIpc) is 2.81. The predicted molar refractivity (Wildman–Crippen MR) is 73.1 cm³/mol. The second kappa shape index (κ2) is 5.17. The first kappa shape index (κ1) is 13.2. The molecule has 0 fully saturated rings. The third-order valence-electron chi connectivity index (χ3n) is 2.21. The van der Waals surface area contributed by atoms with Crippen LogP contribution in [0.5, 0.6) is 5.75 Å². The number of anilines is 1. The Morgan fingerprint density at radius 3 is 2.67 bits per heavy atom. The van der Waals surface area contributed by atoms with Gasteiger partial charge in [0.2, 0.25) is 0 Å². The van der Waals surface area contributed by atoms with Gasteiger partial charge in [-0.1, -0.05) is 11.6 Å². The van der Waals surface area contributed by atoms with Gasteiger partial charge in [-0.2, -0.15) is 11.3 Å². The summed E-state index contributed by atoms with van der Waals surface area (Å²) < 4.78 is 31.5. The fourth-order valence-corrected chi connectivity index (χ4v) is 3.41. The molecule has 0 aliphatic carbocycles. The molecule has 1 heterocycles. The molecule has 18 heavy (non-hydrogen) atoms. The lowest BCUT2D eigenvalue weighted by atomic mass is 10.3. The largest absolute Gasteiger partial charge is 0.495 e. The van der Waals surface area contributed by atoms with Gasteiger partial charge in [0.1, 0.15) is 5.75 Å². The quantitative estimate of drug-likeness (QED) is 0.943. The zero-order valence-corrected chi connectivity index (χ0v) is 11.8. The maximum absolute atomic E-state index is 12.0. The van der Waals surface area contributed by atoms with E-state index in [1.54, 1.807) is 16.8 Å². The number of sulfonamides is 1. The van der Waals surface area contributed by atoms with Gasteiger partial charge in [-0.25, -0.2) is 8.42 Å². The molecule has 0 unspecified atom stereocenters. The summed E-state index contributed by atoms with van der Waals surface area (Å²) in [5.41, 5.74) is 0.534. The number of benzene rings is 1. The minimum absolute atomic E-state index is 0.0968. The van der Waals surface area contributed by atoms with Gasteiger partial charge in [0.05, 0.1) is 22.7 Å². The molecule has 1 aromatic carbocycles. The molecule has 96 valence electrons. The number of methoxy groups -OCH3 is 1. The molecule has 0 aliphatic heterocycles. The van der Waals surface area contributed by atoms with E-state index >= 15 is 0 Å². The van der Waals surface area contributed by atoms with E-state index in [1.165, 1.54) is 36.6 Å². The molecule has 1 N–H and O–H groups in total. The van der Waals surface area contributed by atoms with Crippen molar-refractivity contribution in [2.75, 3.05) is 11.8 Å². The highest BCUT2D eigenvalue weighted by Crippen LogP contribution is 2.28. The van der Waals surface area contributed by atoms with Crippen LogP contribution in [-0.2, 0) is 10.0 Å². The Bertz CT molecular complexity index is 638. The molecule has 0 radical (unpaired) electrons. The number of hydrogen-bond acceptors (Lipinski definition) is 4. The molecular weight excluding hydrogens is 294 g/mol. The van der Waals surface area contributed by atoms with Gasteiger partial charge < -0.3 is 4.74 Å². The van der Waals surface area contributed by atoms with E-state index in [0.29, 0.717) is 11.4 Å². The normalized spacial score (nSPS) is 11.2. The highest BCUT2D eigenvalue weighted by molar-refractivity contribution is 7.92. The summed E-state index contributed by atoms with van der Waals surface area (Å²) in [6.07, 6.45) is 0. The standard InChI is InChI=1S/C11H10ClNO3S2/c1-16-11-3-2-9(6-10(11)12)18(14,15)13-8-4-5-17-7-8/h2-7,13H,1H3. The van der Waals surface area contributed by atoms with Crippen molar-refractivity contribution in [3.05, 3.63) is 40.0 Å². The molecular formula is C11H10ClNO3S2. The lowest BCUT2D eigenvalue weighted by molar-refractivity contribution is 0.414. The summed E-state index contributed by atoms with van der Waals surface area (Å²) in [5.74, 6) is 0.436. The van der Waals surface area contributed by atoms with Crippen LogP contribution in [0.2, 0.25) is 5.02 Å². The van der Waals surface area contributed by atoms with Crippen LogP contribution < -0.4 is 9.46 Å². The van der Waals surface area contributed by atoms with Gasteiger partial charge >= 0.3 is 0 Å². The smallest absolute Gasteiger partial charge is 0.261 e. The molecule has 1 aromatic heterocycles. The fourth-order valence-electron chi connectivity index (χ4n) is 1.35. The van der Waals surface area contributed by atoms with Crippen LogP contribution in [0.3, 0.4) is 0 Å². The second-order valence-electron chi connectivity index (χ2n) is 3.41. The van der Waals surface area contributed by atoms with Gasteiger partial charge in [0.25, 0.3) is 10.0 Å². The van der Waals surface area contributed by atoms with E-state index in [9.17, 15) is 8.42 Å². The lowest BCUT2D eigenvalue weighted by Crippen LogP contribution is -2.12. The van der Waals surface area contributed by atoms with Gasteiger partial charge in [-0.15, -0.1) is 0 Å². The van der Waals surface area contributed by atoms with Gasteiger partial charge in [0.15, 0.2) is 0 Å². The van der Waals surface area contributed by atoms with Crippen molar-refractivity contribution in [3.8, 4) is 5.75 Å². The van der Waals surface area contributed by atoms with Crippen LogP contribution in [0.25, 0.3) is 0 Å². The zero-order chi connectivity index (χ0) is 13.2. The van der Waals surface area contributed by atoms with Crippen molar-refractivity contribution < 1.29 is 13.2 Å². The van der Waals surface area contributed by atoms with Crippen molar-refractivity contribution in [1.29, 1.82) is 0 Å². The monoisotopic (exact) mass is 303 g/mol. The molecule has 0 saturated heterocycles. The molecule has 0 bridgehead atoms. The number of thiophene rings is 1. The number of rotatable bonds is 4. The highest BCUT2D eigenvalue weighted by atomic mass is 35.5. The molecule has 0 spiro atoms. The summed E-state index contributed by atoms with van der Waals surface area (Å²) in [5, 5.41) is 3.76. The number of halogens is 1. The van der Waals surface area contributed by atoms with Crippen LogP contribution in [0.1, 0.15) is 0 Å². The molecule has 0 amide bonds. The van der Waals surface area contributed by atoms with E-state index in [0.717, 1.165) is 0 Å². The van der Waals surface area contributed by atoms with Crippen LogP contribution in [0, 0.1) is 0 Å². The summed E-state index contributed by atoms with van der Waals surface area (Å²) in [7, 11) is -2.14. The Morgan fingerprint density at radius 1 is 1.33 bits per heavy atom. The number of hydrogen-bond donors (Lipinski definition) is 1. The Balaban J connectivity index is 2.33. The van der Waals surface area contributed by atoms with Gasteiger partial charge in [0, 0.05) is 5.38 Å². The van der Waals surface area contributed by atoms with Crippen LogP contribution in [-0.4, -0.2) is 15.5 Å². The lowest BCUT2D eigenvalue weighted by Gasteiger charge is -2.08. The van der Waals surface area contributed by atoms with Crippen molar-refractivity contribution in [2.45, 2.75) is 4.90 Å². The number of nitrogens with one attached hydrogen (secondary N) is 1. The topological polar surface area (TPSA) is 55.4 Å². The summed E-state index contributed by atoms with van der Waals surface area (Å²) in [6.45, 7) is 0. The minimum atomic E-state index is -3.61. The van der Waals surface area contributed by atoms with E-state index < -0.39 is 10.0 Å². The third-order valence-corrected chi connectivity index (χ3v) is 4.56. The first-order chi connectivity index (χ1) is 8.53.